The third-order valence-electron chi connectivity index (χ3n) is 3.22. The first-order valence-electron chi connectivity index (χ1n) is 6.63. The highest BCUT2D eigenvalue weighted by Gasteiger charge is 2.21. The molecule has 1 saturated heterocycles. The van der Waals surface area contributed by atoms with Crippen LogP contribution in [0.4, 0.5) is 5.95 Å². The van der Waals surface area contributed by atoms with Crippen molar-refractivity contribution in [3.8, 4) is 5.88 Å². The van der Waals surface area contributed by atoms with E-state index in [2.05, 4.69) is 20.2 Å². The number of ether oxygens (including phenoxy) is 1. The van der Waals surface area contributed by atoms with Gasteiger partial charge in [0.25, 0.3) is 0 Å². The van der Waals surface area contributed by atoms with Gasteiger partial charge in [-0.05, 0) is 33.7 Å². The van der Waals surface area contributed by atoms with Gasteiger partial charge in [0.05, 0.1) is 6.61 Å². The molecule has 2 rings (SSSR count). The quantitative estimate of drug-likeness (QED) is 0.874. The molecule has 1 aromatic heterocycles. The number of aryl methyl sites for hydroxylation is 1. The Morgan fingerprint density at radius 1 is 1.50 bits per heavy atom. The molecule has 0 bridgehead atoms. The van der Waals surface area contributed by atoms with Crippen molar-refractivity contribution in [2.45, 2.75) is 32.7 Å². The third-order valence-corrected chi connectivity index (χ3v) is 3.22. The molecule has 2 heterocycles. The Kier molecular flexibility index (Phi) is 4.36. The zero-order chi connectivity index (χ0) is 13.0. The third kappa shape index (κ3) is 3.10. The van der Waals surface area contributed by atoms with Crippen molar-refractivity contribution in [2.75, 3.05) is 31.6 Å². The highest BCUT2D eigenvalue weighted by atomic mass is 16.5. The molecule has 0 aliphatic carbocycles. The molecule has 1 atom stereocenters. The minimum absolute atomic E-state index is 0.526. The van der Waals surface area contributed by atoms with Gasteiger partial charge in [0.1, 0.15) is 0 Å². The number of hydrogen-bond donors (Lipinski definition) is 1. The molecule has 0 aromatic carbocycles. The summed E-state index contributed by atoms with van der Waals surface area (Å²) < 4.78 is 5.48. The number of likely N-dealkylation sites (N-methyl/N-ethyl adjacent to an activating group) is 1. The number of nitrogens with zero attached hydrogens (tertiary/aromatic N) is 3. The number of aromatic nitrogens is 2. The number of piperidine rings is 1. The highest BCUT2D eigenvalue weighted by molar-refractivity contribution is 5.35. The first-order valence-corrected chi connectivity index (χ1v) is 6.63. The molecule has 1 aromatic rings. The summed E-state index contributed by atoms with van der Waals surface area (Å²) in [5.74, 6) is 1.46. The van der Waals surface area contributed by atoms with Crippen molar-refractivity contribution >= 4 is 5.95 Å². The molecular formula is C13H22N4O. The van der Waals surface area contributed by atoms with E-state index in [0.29, 0.717) is 18.5 Å². The summed E-state index contributed by atoms with van der Waals surface area (Å²) in [7, 11) is 2.01. The fraction of sp³-hybridized carbons (Fsp3) is 0.692. The maximum atomic E-state index is 5.48. The Morgan fingerprint density at radius 2 is 2.33 bits per heavy atom. The van der Waals surface area contributed by atoms with Crippen LogP contribution in [0.15, 0.2) is 6.07 Å². The Bertz CT molecular complexity index is 397. The number of nitrogens with one attached hydrogen (secondary N) is 1. The molecule has 5 nitrogen and oxygen atoms in total. The predicted octanol–water partition coefficient (Wildman–Crippen LogP) is 1.37. The molecule has 0 saturated carbocycles. The van der Waals surface area contributed by atoms with Crippen LogP contribution in [0.1, 0.15) is 25.5 Å². The van der Waals surface area contributed by atoms with Crippen molar-refractivity contribution in [1.82, 2.24) is 15.3 Å². The number of hydrogen-bond acceptors (Lipinski definition) is 5. The van der Waals surface area contributed by atoms with E-state index in [9.17, 15) is 0 Å². The normalized spacial score (nSPS) is 19.9. The second kappa shape index (κ2) is 6.00. The molecule has 100 valence electrons. The van der Waals surface area contributed by atoms with Gasteiger partial charge in [0.15, 0.2) is 0 Å². The Balaban J connectivity index is 2.16. The van der Waals surface area contributed by atoms with Crippen LogP contribution in [0, 0.1) is 6.92 Å². The molecule has 18 heavy (non-hydrogen) atoms. The minimum atomic E-state index is 0.526. The standard InChI is InChI=1S/C13H22N4O/c1-4-18-12-8-10(2)15-13(16-12)17-7-5-6-11(9-17)14-3/h8,11,14H,4-7,9H2,1-3H3. The van der Waals surface area contributed by atoms with E-state index in [1.165, 1.54) is 12.8 Å². The van der Waals surface area contributed by atoms with Crippen molar-refractivity contribution < 1.29 is 4.74 Å². The fourth-order valence-electron chi connectivity index (χ4n) is 2.28. The Labute approximate surface area is 109 Å². The molecule has 1 fully saturated rings. The van der Waals surface area contributed by atoms with Crippen molar-refractivity contribution in [3.63, 3.8) is 0 Å². The molecule has 0 spiro atoms. The maximum Gasteiger partial charge on any atom is 0.228 e. The lowest BCUT2D eigenvalue weighted by atomic mass is 10.1. The first kappa shape index (κ1) is 13.1. The fourth-order valence-corrected chi connectivity index (χ4v) is 2.28. The molecule has 1 unspecified atom stereocenters. The van der Waals surface area contributed by atoms with E-state index in [1.807, 2.05) is 27.0 Å². The second-order valence-corrected chi connectivity index (χ2v) is 4.65. The summed E-state index contributed by atoms with van der Waals surface area (Å²) >= 11 is 0. The molecule has 1 N–H and O–H groups in total. The second-order valence-electron chi connectivity index (χ2n) is 4.65. The van der Waals surface area contributed by atoms with E-state index < -0.39 is 0 Å². The van der Waals surface area contributed by atoms with Gasteiger partial charge in [-0.3, -0.25) is 0 Å². The monoisotopic (exact) mass is 250 g/mol. The summed E-state index contributed by atoms with van der Waals surface area (Å²) in [4.78, 5) is 11.2. The lowest BCUT2D eigenvalue weighted by Gasteiger charge is -2.32. The maximum absolute atomic E-state index is 5.48. The molecule has 0 radical (unpaired) electrons. The van der Waals surface area contributed by atoms with E-state index >= 15 is 0 Å². The van der Waals surface area contributed by atoms with Gasteiger partial charge < -0.3 is 15.0 Å². The van der Waals surface area contributed by atoms with Crippen LogP contribution < -0.4 is 15.0 Å². The highest BCUT2D eigenvalue weighted by Crippen LogP contribution is 2.19. The predicted molar refractivity (Wildman–Crippen MR) is 72.2 cm³/mol. The number of rotatable bonds is 4. The van der Waals surface area contributed by atoms with Crippen molar-refractivity contribution in [1.29, 1.82) is 0 Å². The summed E-state index contributed by atoms with van der Waals surface area (Å²) in [5, 5.41) is 3.33. The average Bonchev–Trinajstić information content (AvgIpc) is 2.38. The zero-order valence-corrected chi connectivity index (χ0v) is 11.4. The summed E-state index contributed by atoms with van der Waals surface area (Å²) in [6.45, 7) is 6.57. The number of anilines is 1. The van der Waals surface area contributed by atoms with Gasteiger partial charge in [-0.1, -0.05) is 0 Å². The smallest absolute Gasteiger partial charge is 0.228 e. The van der Waals surface area contributed by atoms with E-state index in [0.717, 1.165) is 24.7 Å². The summed E-state index contributed by atoms with van der Waals surface area (Å²) in [6.07, 6.45) is 2.39. The van der Waals surface area contributed by atoms with Crippen LogP contribution >= 0.6 is 0 Å². The van der Waals surface area contributed by atoms with E-state index in [4.69, 9.17) is 4.74 Å². The van der Waals surface area contributed by atoms with Gasteiger partial charge in [0, 0.05) is 30.9 Å². The lowest BCUT2D eigenvalue weighted by Crippen LogP contribution is -2.45. The van der Waals surface area contributed by atoms with Crippen LogP contribution in [0.2, 0.25) is 0 Å². The Morgan fingerprint density at radius 3 is 3.06 bits per heavy atom. The van der Waals surface area contributed by atoms with Crippen LogP contribution in [0.5, 0.6) is 5.88 Å². The van der Waals surface area contributed by atoms with Gasteiger partial charge in [0.2, 0.25) is 11.8 Å². The first-order chi connectivity index (χ1) is 8.72. The van der Waals surface area contributed by atoms with Gasteiger partial charge in [-0.2, -0.15) is 4.98 Å². The SMILES string of the molecule is CCOc1cc(C)nc(N2CCCC(NC)C2)n1. The molecule has 1 aliphatic rings. The van der Waals surface area contributed by atoms with Crippen LogP contribution in [-0.4, -0.2) is 42.8 Å². The summed E-state index contributed by atoms with van der Waals surface area (Å²) in [5.41, 5.74) is 0.954. The molecule has 1 aliphatic heterocycles. The van der Waals surface area contributed by atoms with Crippen LogP contribution in [0.3, 0.4) is 0 Å². The minimum Gasteiger partial charge on any atom is -0.478 e. The Hall–Kier alpha value is -1.36. The zero-order valence-electron chi connectivity index (χ0n) is 11.4. The van der Waals surface area contributed by atoms with Gasteiger partial charge >= 0.3 is 0 Å². The van der Waals surface area contributed by atoms with Crippen molar-refractivity contribution in [3.05, 3.63) is 11.8 Å². The topological polar surface area (TPSA) is 50.3 Å². The molecule has 0 amide bonds. The van der Waals surface area contributed by atoms with E-state index in [-0.39, 0.29) is 0 Å². The van der Waals surface area contributed by atoms with Crippen LogP contribution in [0.25, 0.3) is 0 Å². The van der Waals surface area contributed by atoms with Crippen molar-refractivity contribution in [2.24, 2.45) is 0 Å². The largest absolute Gasteiger partial charge is 0.478 e. The van der Waals surface area contributed by atoms with E-state index in [1.54, 1.807) is 0 Å². The van der Waals surface area contributed by atoms with Gasteiger partial charge in [-0.15, -0.1) is 0 Å². The molecular weight excluding hydrogens is 228 g/mol. The van der Waals surface area contributed by atoms with Gasteiger partial charge in [-0.25, -0.2) is 4.98 Å². The lowest BCUT2D eigenvalue weighted by molar-refractivity contribution is 0.325. The average molecular weight is 250 g/mol. The van der Waals surface area contributed by atoms with Crippen LogP contribution in [-0.2, 0) is 0 Å². The summed E-state index contributed by atoms with van der Waals surface area (Å²) in [6, 6.07) is 2.41. The molecule has 5 heteroatoms.